The largest absolute Gasteiger partial charge is 0.352 e. The smallest absolute Gasteiger partial charge is 0.264 e. The highest BCUT2D eigenvalue weighted by Crippen LogP contribution is 2.29. The van der Waals surface area contributed by atoms with Gasteiger partial charge < -0.3 is 10.2 Å². The van der Waals surface area contributed by atoms with E-state index in [4.69, 9.17) is 23.2 Å². The zero-order chi connectivity index (χ0) is 29.4. The minimum absolute atomic E-state index is 0.0153. The highest BCUT2D eigenvalue weighted by molar-refractivity contribution is 7.92. The molecule has 0 saturated heterocycles. The van der Waals surface area contributed by atoms with E-state index in [-0.39, 0.29) is 23.4 Å². The van der Waals surface area contributed by atoms with E-state index in [0.29, 0.717) is 34.1 Å². The van der Waals surface area contributed by atoms with Crippen molar-refractivity contribution in [3.05, 3.63) is 94.0 Å². The Balaban J connectivity index is 2.07. The summed E-state index contributed by atoms with van der Waals surface area (Å²) >= 11 is 12.5. The van der Waals surface area contributed by atoms with Crippen molar-refractivity contribution in [3.8, 4) is 0 Å². The molecule has 7 nitrogen and oxygen atoms in total. The fraction of sp³-hybridized carbons (Fsp3) is 0.333. The van der Waals surface area contributed by atoms with E-state index in [1.165, 1.54) is 17.0 Å². The minimum atomic E-state index is -4.13. The van der Waals surface area contributed by atoms with Crippen LogP contribution >= 0.6 is 23.2 Å². The molecule has 0 aliphatic carbocycles. The van der Waals surface area contributed by atoms with Crippen LogP contribution in [0.1, 0.15) is 45.2 Å². The van der Waals surface area contributed by atoms with E-state index >= 15 is 0 Å². The molecule has 214 valence electrons. The summed E-state index contributed by atoms with van der Waals surface area (Å²) in [6, 6.07) is 19.0. The van der Waals surface area contributed by atoms with Crippen LogP contribution in [0, 0.1) is 0 Å². The van der Waals surface area contributed by atoms with Gasteiger partial charge in [-0.25, -0.2) is 8.42 Å². The Labute approximate surface area is 247 Å². The number of hydrogen-bond donors (Lipinski definition) is 1. The van der Waals surface area contributed by atoms with Crippen LogP contribution < -0.4 is 9.62 Å². The van der Waals surface area contributed by atoms with Crippen molar-refractivity contribution in [2.45, 2.75) is 64.1 Å². The van der Waals surface area contributed by atoms with E-state index < -0.39 is 28.5 Å². The molecule has 0 aromatic heterocycles. The van der Waals surface area contributed by atoms with E-state index in [1.807, 2.05) is 32.9 Å². The maximum absolute atomic E-state index is 14.1. The van der Waals surface area contributed by atoms with Crippen LogP contribution in [0.5, 0.6) is 0 Å². The first-order chi connectivity index (χ1) is 19.0. The van der Waals surface area contributed by atoms with Gasteiger partial charge in [0.2, 0.25) is 11.8 Å². The second-order valence-electron chi connectivity index (χ2n) is 9.56. The molecule has 0 unspecified atom stereocenters. The molecule has 40 heavy (non-hydrogen) atoms. The molecule has 2 amide bonds. The molecule has 0 aliphatic rings. The number of para-hydroxylation sites is 1. The SMILES string of the molecule is CCc1ccccc1N(CC(=O)N(Cc1ccc(Cl)cc1Cl)[C@@H](C)C(=O)N[C@H](C)CC)S(=O)(=O)c1ccccc1. The van der Waals surface area contributed by atoms with E-state index in [2.05, 4.69) is 5.32 Å². The number of nitrogens with zero attached hydrogens (tertiary/aromatic N) is 2. The molecule has 0 bridgehead atoms. The molecule has 0 fully saturated rings. The number of carbonyl (C=O) groups is 2. The van der Waals surface area contributed by atoms with Crippen molar-refractivity contribution in [1.29, 1.82) is 0 Å². The van der Waals surface area contributed by atoms with E-state index in [0.717, 1.165) is 9.87 Å². The van der Waals surface area contributed by atoms with Gasteiger partial charge in [0.05, 0.1) is 10.6 Å². The van der Waals surface area contributed by atoms with Gasteiger partial charge in [-0.15, -0.1) is 0 Å². The summed E-state index contributed by atoms with van der Waals surface area (Å²) in [5.41, 5.74) is 1.75. The molecule has 0 aliphatic heterocycles. The Morgan fingerprint density at radius 1 is 0.900 bits per heavy atom. The summed E-state index contributed by atoms with van der Waals surface area (Å²) in [7, 11) is -4.13. The lowest BCUT2D eigenvalue weighted by molar-refractivity contribution is -0.139. The number of carbonyl (C=O) groups excluding carboxylic acids is 2. The maximum atomic E-state index is 14.1. The topological polar surface area (TPSA) is 86.8 Å². The predicted molar refractivity (Wildman–Crippen MR) is 161 cm³/mol. The lowest BCUT2D eigenvalue weighted by Gasteiger charge is -2.33. The number of sulfonamides is 1. The zero-order valence-corrected chi connectivity index (χ0v) is 25.4. The molecule has 3 rings (SSSR count). The van der Waals surface area contributed by atoms with Gasteiger partial charge in [-0.1, -0.05) is 79.5 Å². The predicted octanol–water partition coefficient (Wildman–Crippen LogP) is 6.08. The second-order valence-corrected chi connectivity index (χ2v) is 12.3. The quantitative estimate of drug-likeness (QED) is 0.272. The van der Waals surface area contributed by atoms with Crippen molar-refractivity contribution in [1.82, 2.24) is 10.2 Å². The highest BCUT2D eigenvalue weighted by atomic mass is 35.5. The number of benzene rings is 3. The average molecular weight is 605 g/mol. The fourth-order valence-electron chi connectivity index (χ4n) is 4.17. The number of rotatable bonds is 12. The molecule has 3 aromatic rings. The van der Waals surface area contributed by atoms with Crippen molar-refractivity contribution >= 4 is 50.7 Å². The fourth-order valence-corrected chi connectivity index (χ4v) is 6.11. The van der Waals surface area contributed by atoms with Gasteiger partial charge in [0.1, 0.15) is 12.6 Å². The normalized spacial score (nSPS) is 12.8. The zero-order valence-electron chi connectivity index (χ0n) is 23.1. The molecule has 0 saturated carbocycles. The molecule has 0 spiro atoms. The van der Waals surface area contributed by atoms with Crippen LogP contribution in [-0.2, 0) is 32.6 Å². The third kappa shape index (κ3) is 7.56. The van der Waals surface area contributed by atoms with Crippen LogP contribution in [0.25, 0.3) is 0 Å². The van der Waals surface area contributed by atoms with Crippen LogP contribution in [0.4, 0.5) is 5.69 Å². The monoisotopic (exact) mass is 603 g/mol. The van der Waals surface area contributed by atoms with Gasteiger partial charge in [0.25, 0.3) is 10.0 Å². The van der Waals surface area contributed by atoms with Crippen molar-refractivity contribution in [2.24, 2.45) is 0 Å². The van der Waals surface area contributed by atoms with Crippen LogP contribution in [0.15, 0.2) is 77.7 Å². The van der Waals surface area contributed by atoms with Crippen LogP contribution in [0.2, 0.25) is 10.0 Å². The molecule has 10 heteroatoms. The average Bonchev–Trinajstić information content (AvgIpc) is 2.95. The Bertz CT molecular complexity index is 1430. The number of amides is 2. The van der Waals surface area contributed by atoms with Gasteiger partial charge in [0, 0.05) is 22.6 Å². The lowest BCUT2D eigenvalue weighted by atomic mass is 10.1. The molecule has 0 radical (unpaired) electrons. The molecule has 3 aromatic carbocycles. The number of halogens is 2. The summed E-state index contributed by atoms with van der Waals surface area (Å²) in [5, 5.41) is 3.69. The summed E-state index contributed by atoms with van der Waals surface area (Å²) < 4.78 is 29.0. The van der Waals surface area contributed by atoms with Crippen molar-refractivity contribution in [2.75, 3.05) is 10.8 Å². The first-order valence-corrected chi connectivity index (χ1v) is 15.4. The Morgan fingerprint density at radius 3 is 2.17 bits per heavy atom. The molecular formula is C30H35Cl2N3O4S. The summed E-state index contributed by atoms with van der Waals surface area (Å²) in [6.45, 7) is 6.84. The third-order valence-electron chi connectivity index (χ3n) is 6.78. The maximum Gasteiger partial charge on any atom is 0.264 e. The molecule has 0 heterocycles. The van der Waals surface area contributed by atoms with Gasteiger partial charge in [0.15, 0.2) is 0 Å². The minimum Gasteiger partial charge on any atom is -0.352 e. The number of anilines is 1. The van der Waals surface area contributed by atoms with Gasteiger partial charge in [-0.05, 0) is 68.1 Å². The number of hydrogen-bond acceptors (Lipinski definition) is 4. The molecular weight excluding hydrogens is 569 g/mol. The molecule has 1 N–H and O–H groups in total. The van der Waals surface area contributed by atoms with Crippen LogP contribution in [-0.4, -0.2) is 43.8 Å². The first-order valence-electron chi connectivity index (χ1n) is 13.2. The number of nitrogens with one attached hydrogen (secondary N) is 1. The van der Waals surface area contributed by atoms with Gasteiger partial charge in [-0.3, -0.25) is 13.9 Å². The Kier molecular flexibility index (Phi) is 11.0. The van der Waals surface area contributed by atoms with Gasteiger partial charge in [-0.2, -0.15) is 0 Å². The first kappa shape index (κ1) is 31.5. The Morgan fingerprint density at radius 2 is 1.55 bits per heavy atom. The van der Waals surface area contributed by atoms with E-state index in [9.17, 15) is 18.0 Å². The second kappa shape index (κ2) is 14.0. The summed E-state index contributed by atoms with van der Waals surface area (Å²) in [4.78, 5) is 28.6. The molecule has 2 atom stereocenters. The van der Waals surface area contributed by atoms with Crippen LogP contribution in [0.3, 0.4) is 0 Å². The summed E-state index contributed by atoms with van der Waals surface area (Å²) in [5.74, 6) is -0.901. The van der Waals surface area contributed by atoms with Crippen molar-refractivity contribution < 1.29 is 18.0 Å². The number of aryl methyl sites for hydroxylation is 1. The van der Waals surface area contributed by atoms with Crippen molar-refractivity contribution in [3.63, 3.8) is 0 Å². The third-order valence-corrected chi connectivity index (χ3v) is 9.14. The van der Waals surface area contributed by atoms with Gasteiger partial charge >= 0.3 is 0 Å². The lowest BCUT2D eigenvalue weighted by Crippen LogP contribution is -2.52. The summed E-state index contributed by atoms with van der Waals surface area (Å²) in [6.07, 6.45) is 1.27. The highest BCUT2D eigenvalue weighted by Gasteiger charge is 2.33. The standard InChI is InChI=1S/C30H35Cl2N3O4S/c1-5-21(3)33-30(37)22(4)34(19-24-16-17-25(31)18-27(24)32)29(36)20-35(28-15-11-10-12-23(28)6-2)40(38,39)26-13-8-7-9-14-26/h7-18,21-22H,5-6,19-20H2,1-4H3,(H,33,37)/t21-,22+/m1/s1. The Hall–Kier alpha value is -3.07. The van der Waals surface area contributed by atoms with E-state index in [1.54, 1.807) is 55.5 Å².